The fraction of sp³-hybridized carbons (Fsp3) is 1.00. The lowest BCUT2D eigenvalue weighted by atomic mass is 10.3. The van der Waals surface area contributed by atoms with Crippen LogP contribution in [0.5, 0.6) is 0 Å². The molecule has 0 radical (unpaired) electrons. The van der Waals surface area contributed by atoms with Gasteiger partial charge in [0.05, 0.1) is 16.8 Å². The van der Waals surface area contributed by atoms with E-state index in [4.69, 9.17) is 0 Å². The van der Waals surface area contributed by atoms with Gasteiger partial charge >= 0.3 is 0 Å². The van der Waals surface area contributed by atoms with E-state index < -0.39 is 0 Å². The lowest BCUT2D eigenvalue weighted by Gasteiger charge is -2.35. The van der Waals surface area contributed by atoms with Crippen molar-refractivity contribution in [2.75, 3.05) is 19.2 Å². The zero-order chi connectivity index (χ0) is 10.9. The zero-order valence-corrected chi connectivity index (χ0v) is 12.4. The largest absolute Gasteiger partial charge is 0.1000 e. The van der Waals surface area contributed by atoms with Crippen LogP contribution in [0.15, 0.2) is 0 Å². The van der Waals surface area contributed by atoms with Crippen LogP contribution in [0.25, 0.3) is 0 Å². The summed E-state index contributed by atoms with van der Waals surface area (Å²) in [5.74, 6) is 1.47. The quantitative estimate of drug-likeness (QED) is 0.520. The molecule has 15 heavy (non-hydrogen) atoms. The Hall–Kier alpha value is 0.990. The molecule has 0 aromatic heterocycles. The molecule has 0 aromatic rings. The zero-order valence-electron chi connectivity index (χ0n) is 10.6. The summed E-state index contributed by atoms with van der Waals surface area (Å²) in [6.45, 7) is 19.2. The SMILES string of the molecule is B.B.CP(C[P@](C)C(C)(C)C)C(C)(C)C. The van der Waals surface area contributed by atoms with Gasteiger partial charge in [-0.1, -0.05) is 57.4 Å². The van der Waals surface area contributed by atoms with Crippen molar-refractivity contribution in [3.63, 3.8) is 0 Å². The Kier molecular flexibility index (Phi) is 10.4. The van der Waals surface area contributed by atoms with E-state index in [1.807, 2.05) is 0 Å². The standard InChI is InChI=1S/C11H26P2.2BH3/c1-10(2,3)12(7)9-13(8)11(4,5)6;;/h9H2,1-8H3;2*1H3/t12-,13?;;/m0../s1. The maximum Gasteiger partial charge on any atom is 0.0814 e. The first-order valence-electron chi connectivity index (χ1n) is 4.97. The third-order valence-corrected chi connectivity index (χ3v) is 10.7. The summed E-state index contributed by atoms with van der Waals surface area (Å²) in [5, 5.41) is 1.08. The van der Waals surface area contributed by atoms with E-state index in [1.165, 1.54) is 5.90 Å². The van der Waals surface area contributed by atoms with Gasteiger partial charge in [0.25, 0.3) is 0 Å². The molecule has 0 saturated heterocycles. The Labute approximate surface area is 104 Å². The molecule has 0 saturated carbocycles. The Bertz CT molecular complexity index is 141. The van der Waals surface area contributed by atoms with Crippen molar-refractivity contribution >= 4 is 32.7 Å². The fourth-order valence-corrected chi connectivity index (χ4v) is 6.68. The van der Waals surface area contributed by atoms with Crippen LogP contribution in [0.3, 0.4) is 0 Å². The molecule has 0 amide bonds. The fourth-order valence-electron chi connectivity index (χ4n) is 0.742. The van der Waals surface area contributed by atoms with Gasteiger partial charge < -0.3 is 0 Å². The molecule has 0 N–H and O–H groups in total. The molecule has 92 valence electrons. The van der Waals surface area contributed by atoms with Gasteiger partial charge in [-0.25, -0.2) is 0 Å². The van der Waals surface area contributed by atoms with Crippen LogP contribution in [0.2, 0.25) is 0 Å². The second kappa shape index (κ2) is 7.34. The predicted molar refractivity (Wildman–Crippen MR) is 89.9 cm³/mol. The van der Waals surface area contributed by atoms with Gasteiger partial charge in [0.15, 0.2) is 0 Å². The highest BCUT2D eigenvalue weighted by Crippen LogP contribution is 2.59. The van der Waals surface area contributed by atoms with Crippen LogP contribution >= 0.6 is 15.8 Å². The molecule has 0 aliphatic rings. The average Bonchev–Trinajstić information content (AvgIpc) is 1.82. The highest BCUT2D eigenvalue weighted by Gasteiger charge is 2.26. The van der Waals surface area contributed by atoms with Crippen molar-refractivity contribution in [2.24, 2.45) is 0 Å². The van der Waals surface area contributed by atoms with E-state index >= 15 is 0 Å². The molecule has 2 atom stereocenters. The maximum atomic E-state index is 2.46. The minimum absolute atomic E-state index is 0. The van der Waals surface area contributed by atoms with Crippen LogP contribution in [-0.2, 0) is 0 Å². The number of hydrogen-bond donors (Lipinski definition) is 0. The van der Waals surface area contributed by atoms with Gasteiger partial charge in [-0.05, 0) is 29.5 Å². The van der Waals surface area contributed by atoms with E-state index in [0.29, 0.717) is 10.3 Å². The molecule has 0 heterocycles. The topological polar surface area (TPSA) is 0 Å². The molecule has 0 spiro atoms. The first kappa shape index (κ1) is 21.3. The van der Waals surface area contributed by atoms with Crippen molar-refractivity contribution in [1.82, 2.24) is 0 Å². The third kappa shape index (κ3) is 8.76. The van der Waals surface area contributed by atoms with Crippen LogP contribution < -0.4 is 0 Å². The normalized spacial score (nSPS) is 16.0. The first-order chi connectivity index (χ1) is 5.55. The van der Waals surface area contributed by atoms with Crippen LogP contribution in [0, 0.1) is 0 Å². The lowest BCUT2D eigenvalue weighted by Crippen LogP contribution is -2.17. The van der Waals surface area contributed by atoms with Gasteiger partial charge in [0.2, 0.25) is 0 Å². The molecular formula is C11H32B2P2. The molecule has 4 heteroatoms. The summed E-state index contributed by atoms with van der Waals surface area (Å²) in [4.78, 5) is 0. The summed E-state index contributed by atoms with van der Waals surface area (Å²) in [6, 6.07) is 0. The Morgan fingerprint density at radius 2 is 0.867 bits per heavy atom. The monoisotopic (exact) mass is 248 g/mol. The van der Waals surface area contributed by atoms with E-state index in [0.717, 1.165) is 0 Å². The molecular weight excluding hydrogens is 216 g/mol. The van der Waals surface area contributed by atoms with E-state index in [2.05, 4.69) is 54.9 Å². The minimum Gasteiger partial charge on any atom is -0.1000 e. The van der Waals surface area contributed by atoms with E-state index in [-0.39, 0.29) is 32.7 Å². The van der Waals surface area contributed by atoms with E-state index in [9.17, 15) is 0 Å². The molecule has 0 nitrogen and oxygen atoms in total. The van der Waals surface area contributed by atoms with Gasteiger partial charge in [-0.3, -0.25) is 0 Å². The second-order valence-electron chi connectivity index (χ2n) is 5.88. The van der Waals surface area contributed by atoms with Gasteiger partial charge in [-0.15, -0.1) is 0 Å². The summed E-state index contributed by atoms with van der Waals surface area (Å²) in [5.41, 5.74) is 0. The summed E-state index contributed by atoms with van der Waals surface area (Å²) in [6.07, 6.45) is 0. The summed E-state index contributed by atoms with van der Waals surface area (Å²) < 4.78 is 0. The highest BCUT2D eigenvalue weighted by atomic mass is 31.2. The summed E-state index contributed by atoms with van der Waals surface area (Å²) >= 11 is 0. The second-order valence-corrected chi connectivity index (χ2v) is 12.5. The van der Waals surface area contributed by atoms with Crippen LogP contribution in [-0.4, -0.2) is 46.4 Å². The molecule has 0 aliphatic carbocycles. The van der Waals surface area contributed by atoms with Crippen molar-refractivity contribution in [3.8, 4) is 0 Å². The Morgan fingerprint density at radius 1 is 0.667 bits per heavy atom. The van der Waals surface area contributed by atoms with Gasteiger partial charge in [-0.2, -0.15) is 0 Å². The van der Waals surface area contributed by atoms with Crippen molar-refractivity contribution < 1.29 is 0 Å². The molecule has 1 unspecified atom stereocenters. The minimum atomic E-state index is 0. The molecule has 0 rings (SSSR count). The van der Waals surface area contributed by atoms with Crippen LogP contribution in [0.1, 0.15) is 41.5 Å². The first-order valence-corrected chi connectivity index (χ1v) is 8.92. The number of hydrogen-bond acceptors (Lipinski definition) is 0. The third-order valence-electron chi connectivity index (χ3n) is 2.71. The summed E-state index contributed by atoms with van der Waals surface area (Å²) in [7, 11) is 0.407. The molecule has 0 aromatic carbocycles. The Morgan fingerprint density at radius 3 is 1.00 bits per heavy atom. The smallest absolute Gasteiger partial charge is 0.0814 e. The highest BCUT2D eigenvalue weighted by molar-refractivity contribution is 7.75. The van der Waals surface area contributed by atoms with Gasteiger partial charge in [0.1, 0.15) is 0 Å². The van der Waals surface area contributed by atoms with Crippen LogP contribution in [0.4, 0.5) is 0 Å². The van der Waals surface area contributed by atoms with Crippen molar-refractivity contribution in [3.05, 3.63) is 0 Å². The molecule has 0 fully saturated rings. The Balaban J connectivity index is -0.000000720. The van der Waals surface area contributed by atoms with Crippen molar-refractivity contribution in [2.45, 2.75) is 51.9 Å². The number of rotatable bonds is 2. The van der Waals surface area contributed by atoms with Gasteiger partial charge in [0, 0.05) is 0 Å². The van der Waals surface area contributed by atoms with E-state index in [1.54, 1.807) is 0 Å². The maximum absolute atomic E-state index is 2.46. The van der Waals surface area contributed by atoms with Crippen molar-refractivity contribution in [1.29, 1.82) is 0 Å². The average molecular weight is 248 g/mol. The lowest BCUT2D eigenvalue weighted by molar-refractivity contribution is 0.778. The predicted octanol–water partition coefficient (Wildman–Crippen LogP) is 2.40. The molecule has 0 aliphatic heterocycles. The molecule has 0 bridgehead atoms.